The summed E-state index contributed by atoms with van der Waals surface area (Å²) in [5.41, 5.74) is 7.66. The van der Waals surface area contributed by atoms with E-state index in [4.69, 9.17) is 4.98 Å². The number of hydrogen-bond donors (Lipinski definition) is 1. The maximum Gasteiger partial charge on any atom is 0.333 e. The number of aromatic amines is 1. The summed E-state index contributed by atoms with van der Waals surface area (Å²) in [4.78, 5) is 18.2. The lowest BCUT2D eigenvalue weighted by atomic mass is 10.0. The molecule has 176 valence electrons. The number of para-hydroxylation sites is 1. The molecule has 0 radical (unpaired) electrons. The van der Waals surface area contributed by atoms with Crippen molar-refractivity contribution in [3.63, 3.8) is 0 Å². The van der Waals surface area contributed by atoms with E-state index >= 15 is 0 Å². The molecule has 5 aromatic rings. The van der Waals surface area contributed by atoms with Crippen LogP contribution in [0, 0.1) is 13.8 Å². The molecule has 0 fully saturated rings. The van der Waals surface area contributed by atoms with Gasteiger partial charge < -0.3 is 0 Å². The highest BCUT2D eigenvalue weighted by molar-refractivity contribution is 5.78. The van der Waals surface area contributed by atoms with Gasteiger partial charge in [0.05, 0.1) is 17.9 Å². The van der Waals surface area contributed by atoms with Crippen molar-refractivity contribution in [2.24, 2.45) is 0 Å². The first-order valence-electron chi connectivity index (χ1n) is 11.7. The number of H-pyrrole nitrogens is 1. The number of tetrazole rings is 1. The highest BCUT2D eigenvalue weighted by Gasteiger charge is 2.16. The average molecular weight is 466 g/mol. The van der Waals surface area contributed by atoms with Crippen molar-refractivity contribution in [3.05, 3.63) is 99.9 Å². The van der Waals surface area contributed by atoms with Gasteiger partial charge in [0.1, 0.15) is 0 Å². The van der Waals surface area contributed by atoms with Gasteiger partial charge in [-0.25, -0.2) is 4.79 Å². The molecule has 3 heterocycles. The van der Waals surface area contributed by atoms with Gasteiger partial charge in [0.15, 0.2) is 0 Å². The monoisotopic (exact) mass is 465 g/mol. The van der Waals surface area contributed by atoms with Crippen LogP contribution < -0.4 is 5.69 Å². The van der Waals surface area contributed by atoms with Crippen molar-refractivity contribution in [1.82, 2.24) is 34.7 Å². The maximum atomic E-state index is 13.5. The first kappa shape index (κ1) is 22.5. The van der Waals surface area contributed by atoms with Crippen molar-refractivity contribution < 1.29 is 0 Å². The van der Waals surface area contributed by atoms with Crippen molar-refractivity contribution in [2.75, 3.05) is 0 Å². The number of pyridine rings is 1. The predicted octanol–water partition coefficient (Wildman–Crippen LogP) is 4.50. The molecule has 5 rings (SSSR count). The van der Waals surface area contributed by atoms with E-state index in [1.165, 1.54) is 0 Å². The number of nitrogens with zero attached hydrogens (tertiary/aromatic N) is 6. The smallest absolute Gasteiger partial charge is 0.292 e. The van der Waals surface area contributed by atoms with Crippen molar-refractivity contribution in [2.45, 2.75) is 40.2 Å². The summed E-state index contributed by atoms with van der Waals surface area (Å²) in [7, 11) is 0. The molecule has 0 saturated carbocycles. The van der Waals surface area contributed by atoms with E-state index in [2.05, 4.69) is 27.5 Å². The number of aryl methyl sites for hydroxylation is 3. The quantitative estimate of drug-likeness (QED) is 0.382. The van der Waals surface area contributed by atoms with Gasteiger partial charge in [-0.1, -0.05) is 61.9 Å². The summed E-state index contributed by atoms with van der Waals surface area (Å²) in [6.45, 7) is 6.68. The molecule has 3 aromatic heterocycles. The lowest BCUT2D eigenvalue weighted by molar-refractivity contribution is 0.689. The molecule has 0 spiro atoms. The number of rotatable bonds is 7. The second-order valence-corrected chi connectivity index (χ2v) is 8.68. The van der Waals surface area contributed by atoms with Crippen LogP contribution in [-0.4, -0.2) is 34.7 Å². The second kappa shape index (κ2) is 9.50. The largest absolute Gasteiger partial charge is 0.333 e. The zero-order chi connectivity index (χ0) is 24.4. The zero-order valence-electron chi connectivity index (χ0n) is 20.1. The van der Waals surface area contributed by atoms with E-state index in [9.17, 15) is 4.79 Å². The Labute approximate surface area is 203 Å². The summed E-state index contributed by atoms with van der Waals surface area (Å²) >= 11 is 0. The van der Waals surface area contributed by atoms with Gasteiger partial charge in [0.25, 0.3) is 0 Å². The fraction of sp³-hybridized carbons (Fsp3) is 0.222. The average Bonchev–Trinajstić information content (AvgIpc) is 3.50. The molecule has 0 bridgehead atoms. The minimum atomic E-state index is -0.0302. The van der Waals surface area contributed by atoms with Crippen LogP contribution in [0.15, 0.2) is 71.8 Å². The molecule has 8 nitrogen and oxygen atoms in total. The van der Waals surface area contributed by atoms with E-state index in [0.717, 1.165) is 57.7 Å². The van der Waals surface area contributed by atoms with E-state index in [1.807, 2.05) is 85.4 Å². The summed E-state index contributed by atoms with van der Waals surface area (Å²) in [5.74, 6) is 0.523. The Morgan fingerprint density at radius 3 is 2.37 bits per heavy atom. The van der Waals surface area contributed by atoms with Gasteiger partial charge in [-0.15, -0.1) is 10.2 Å². The molecule has 0 atom stereocenters. The number of nitrogens with one attached hydrogen (secondary N) is 1. The lowest BCUT2D eigenvalue weighted by Crippen LogP contribution is -2.25. The Balaban J connectivity index is 1.49. The summed E-state index contributed by atoms with van der Waals surface area (Å²) in [5, 5.41) is 14.4. The van der Waals surface area contributed by atoms with Gasteiger partial charge in [0, 0.05) is 29.2 Å². The van der Waals surface area contributed by atoms with Crippen LogP contribution in [0.2, 0.25) is 0 Å². The first-order valence-corrected chi connectivity index (χ1v) is 11.7. The van der Waals surface area contributed by atoms with E-state index in [-0.39, 0.29) is 5.69 Å². The number of benzene rings is 2. The normalized spacial score (nSPS) is 11.2. The molecule has 0 aliphatic carbocycles. The van der Waals surface area contributed by atoms with Gasteiger partial charge in [-0.3, -0.25) is 14.1 Å². The summed E-state index contributed by atoms with van der Waals surface area (Å²) in [6.07, 6.45) is 5.61. The van der Waals surface area contributed by atoms with Crippen LogP contribution in [0.3, 0.4) is 0 Å². The third-order valence-corrected chi connectivity index (χ3v) is 6.20. The lowest BCUT2D eigenvalue weighted by Gasteiger charge is -2.10. The Hall–Kier alpha value is -4.33. The predicted molar refractivity (Wildman–Crippen MR) is 135 cm³/mol. The molecule has 8 heteroatoms. The molecule has 35 heavy (non-hydrogen) atoms. The third-order valence-electron chi connectivity index (χ3n) is 6.20. The molecule has 0 amide bonds. The number of imidazole rings is 1. The first-order chi connectivity index (χ1) is 17.1. The fourth-order valence-electron chi connectivity index (χ4n) is 4.53. The fourth-order valence-corrected chi connectivity index (χ4v) is 4.53. The number of aromatic nitrogens is 7. The van der Waals surface area contributed by atoms with Crippen molar-refractivity contribution in [1.29, 1.82) is 0 Å². The standard InChI is InChI=1S/C27H27N7O/c1-4-8-21-17-34(25-18(2)9-7-10-19(25)3)27(35)33(21)16-20-13-14-24(28-15-20)22-11-5-6-12-23(22)26-29-31-32-30-26/h5-7,9-15,17H,4,8,16H2,1-3H3,(H,29,30,31,32). The molecular formula is C27H27N7O. The SMILES string of the molecule is CCCc1cn(-c2c(C)cccc2C)c(=O)n1Cc1ccc(-c2ccccc2-c2nn[nH]n2)nc1. The van der Waals surface area contributed by atoms with E-state index in [1.54, 1.807) is 4.57 Å². The Morgan fingerprint density at radius 1 is 0.943 bits per heavy atom. The maximum absolute atomic E-state index is 13.5. The van der Waals surface area contributed by atoms with Gasteiger partial charge in [-0.2, -0.15) is 5.21 Å². The molecular weight excluding hydrogens is 438 g/mol. The third kappa shape index (κ3) is 4.30. The minimum absolute atomic E-state index is 0.0302. The molecule has 2 aromatic carbocycles. The van der Waals surface area contributed by atoms with Crippen LogP contribution in [0.25, 0.3) is 28.3 Å². The Bertz CT molecular complexity index is 1490. The van der Waals surface area contributed by atoms with Crippen LogP contribution in [0.5, 0.6) is 0 Å². The molecule has 0 unspecified atom stereocenters. The summed E-state index contributed by atoms with van der Waals surface area (Å²) < 4.78 is 3.65. The van der Waals surface area contributed by atoms with Gasteiger partial charge >= 0.3 is 5.69 Å². The van der Waals surface area contributed by atoms with Crippen LogP contribution in [0.1, 0.15) is 35.7 Å². The highest BCUT2D eigenvalue weighted by atomic mass is 16.1. The second-order valence-electron chi connectivity index (χ2n) is 8.68. The molecule has 0 aliphatic rings. The molecule has 1 N–H and O–H groups in total. The number of hydrogen-bond acceptors (Lipinski definition) is 5. The van der Waals surface area contributed by atoms with Crippen LogP contribution >= 0.6 is 0 Å². The van der Waals surface area contributed by atoms with Gasteiger partial charge in [0.2, 0.25) is 5.82 Å². The zero-order valence-corrected chi connectivity index (χ0v) is 20.1. The molecule has 0 aliphatic heterocycles. The Morgan fingerprint density at radius 2 is 1.71 bits per heavy atom. The van der Waals surface area contributed by atoms with Gasteiger partial charge in [-0.05, 0) is 48.2 Å². The van der Waals surface area contributed by atoms with E-state index < -0.39 is 0 Å². The topological polar surface area (TPSA) is 94.3 Å². The minimum Gasteiger partial charge on any atom is -0.292 e. The Kier molecular flexibility index (Phi) is 6.10. The highest BCUT2D eigenvalue weighted by Crippen LogP contribution is 2.28. The molecule has 0 saturated heterocycles. The van der Waals surface area contributed by atoms with Crippen molar-refractivity contribution >= 4 is 0 Å². The van der Waals surface area contributed by atoms with Crippen LogP contribution in [-0.2, 0) is 13.0 Å². The van der Waals surface area contributed by atoms with Crippen molar-refractivity contribution in [3.8, 4) is 28.3 Å². The van der Waals surface area contributed by atoms with E-state index in [0.29, 0.717) is 12.4 Å². The summed E-state index contributed by atoms with van der Waals surface area (Å²) in [6, 6.07) is 17.9. The van der Waals surface area contributed by atoms with Crippen LogP contribution in [0.4, 0.5) is 0 Å².